The van der Waals surface area contributed by atoms with E-state index in [2.05, 4.69) is 41.2 Å². The number of nitrogens with one attached hydrogen (secondary N) is 1. The maximum atomic E-state index is 3.58. The topological polar surface area (TPSA) is 12.0 Å². The second kappa shape index (κ2) is 3.71. The second-order valence-electron chi connectivity index (χ2n) is 3.87. The zero-order valence-electron chi connectivity index (χ0n) is 7.93. The Labute approximate surface area is 91.7 Å². The summed E-state index contributed by atoms with van der Waals surface area (Å²) in [5.74, 6) is 0.685. The van der Waals surface area contributed by atoms with Gasteiger partial charge in [0.2, 0.25) is 0 Å². The van der Waals surface area contributed by atoms with Gasteiger partial charge in [0.1, 0.15) is 0 Å². The highest BCUT2D eigenvalue weighted by atomic mass is 79.9. The Balaban J connectivity index is 2.36. The minimum atomic E-state index is 0.569. The fourth-order valence-electron chi connectivity index (χ4n) is 1.86. The summed E-state index contributed by atoms with van der Waals surface area (Å²) >= 11 is 5.44. The van der Waals surface area contributed by atoms with Gasteiger partial charge in [-0.1, -0.05) is 13.8 Å². The third kappa shape index (κ3) is 1.83. The van der Waals surface area contributed by atoms with Crippen molar-refractivity contribution in [2.45, 2.75) is 26.3 Å². The van der Waals surface area contributed by atoms with Gasteiger partial charge >= 0.3 is 0 Å². The molecule has 1 atom stereocenters. The van der Waals surface area contributed by atoms with Crippen LogP contribution in [0, 0.1) is 5.92 Å². The van der Waals surface area contributed by atoms with Crippen molar-refractivity contribution >= 4 is 27.3 Å². The number of thiophene rings is 1. The summed E-state index contributed by atoms with van der Waals surface area (Å²) in [5, 5.41) is 3.58. The molecule has 3 heteroatoms. The van der Waals surface area contributed by atoms with Gasteiger partial charge < -0.3 is 5.32 Å². The Morgan fingerprint density at radius 3 is 3.08 bits per heavy atom. The summed E-state index contributed by atoms with van der Waals surface area (Å²) in [6.07, 6.45) is 1.18. The standard InChI is InChI=1S/C10H14BrNS/c1-6(2)9-10-7(3-4-12-9)5-8(11)13-10/h5-6,9,12H,3-4H2,1-2H3. The zero-order chi connectivity index (χ0) is 9.42. The van der Waals surface area contributed by atoms with Gasteiger partial charge in [0, 0.05) is 10.9 Å². The smallest absolute Gasteiger partial charge is 0.0704 e. The van der Waals surface area contributed by atoms with Crippen LogP contribution in [0.3, 0.4) is 0 Å². The van der Waals surface area contributed by atoms with Gasteiger partial charge in [-0.25, -0.2) is 0 Å². The number of halogens is 1. The molecular weight excluding hydrogens is 246 g/mol. The highest BCUT2D eigenvalue weighted by Gasteiger charge is 2.24. The molecule has 1 nitrogen and oxygen atoms in total. The van der Waals surface area contributed by atoms with E-state index < -0.39 is 0 Å². The van der Waals surface area contributed by atoms with E-state index >= 15 is 0 Å². The quantitative estimate of drug-likeness (QED) is 0.816. The van der Waals surface area contributed by atoms with Crippen LogP contribution in [0.2, 0.25) is 0 Å². The largest absolute Gasteiger partial charge is 0.309 e. The predicted octanol–water partition coefficient (Wildman–Crippen LogP) is 3.35. The minimum absolute atomic E-state index is 0.569. The third-order valence-corrected chi connectivity index (χ3v) is 4.28. The molecular formula is C10H14BrNS. The normalized spacial score (nSPS) is 22.0. The summed E-state index contributed by atoms with van der Waals surface area (Å²) in [7, 11) is 0. The number of hydrogen-bond acceptors (Lipinski definition) is 2. The van der Waals surface area contributed by atoms with Crippen LogP contribution in [-0.4, -0.2) is 6.54 Å². The minimum Gasteiger partial charge on any atom is -0.309 e. The fourth-order valence-corrected chi connectivity index (χ4v) is 3.85. The lowest BCUT2D eigenvalue weighted by atomic mass is 9.95. The maximum Gasteiger partial charge on any atom is 0.0704 e. The van der Waals surface area contributed by atoms with Crippen molar-refractivity contribution < 1.29 is 0 Å². The molecule has 1 N–H and O–H groups in total. The van der Waals surface area contributed by atoms with E-state index in [-0.39, 0.29) is 0 Å². The Hall–Kier alpha value is 0.140. The van der Waals surface area contributed by atoms with E-state index in [1.165, 1.54) is 20.6 Å². The Morgan fingerprint density at radius 1 is 1.62 bits per heavy atom. The van der Waals surface area contributed by atoms with Crippen LogP contribution in [0.25, 0.3) is 0 Å². The molecule has 1 aliphatic rings. The van der Waals surface area contributed by atoms with Crippen LogP contribution in [0.5, 0.6) is 0 Å². The maximum absolute atomic E-state index is 3.58. The van der Waals surface area contributed by atoms with Crippen LogP contribution in [-0.2, 0) is 6.42 Å². The molecule has 1 aromatic heterocycles. The van der Waals surface area contributed by atoms with E-state index in [9.17, 15) is 0 Å². The van der Waals surface area contributed by atoms with Crippen molar-refractivity contribution in [2.75, 3.05) is 6.54 Å². The van der Waals surface area contributed by atoms with Gasteiger partial charge in [-0.3, -0.25) is 0 Å². The Morgan fingerprint density at radius 2 is 2.38 bits per heavy atom. The summed E-state index contributed by atoms with van der Waals surface area (Å²) < 4.78 is 1.27. The molecule has 0 bridgehead atoms. The average Bonchev–Trinajstić information content (AvgIpc) is 2.43. The number of hydrogen-bond donors (Lipinski definition) is 1. The van der Waals surface area contributed by atoms with Crippen LogP contribution in [0.4, 0.5) is 0 Å². The van der Waals surface area contributed by atoms with Gasteiger partial charge in [-0.15, -0.1) is 11.3 Å². The third-order valence-electron chi connectivity index (χ3n) is 2.52. The first-order valence-corrected chi connectivity index (χ1v) is 6.31. The van der Waals surface area contributed by atoms with E-state index in [1.807, 2.05) is 11.3 Å². The summed E-state index contributed by atoms with van der Waals surface area (Å²) in [4.78, 5) is 1.54. The SMILES string of the molecule is CC(C)C1NCCc2cc(Br)sc21. The van der Waals surface area contributed by atoms with Gasteiger partial charge in [-0.05, 0) is 46.4 Å². The van der Waals surface area contributed by atoms with Crippen molar-refractivity contribution in [3.8, 4) is 0 Å². The highest BCUT2D eigenvalue weighted by molar-refractivity contribution is 9.11. The summed E-state index contributed by atoms with van der Waals surface area (Å²) in [6, 6.07) is 2.84. The summed E-state index contributed by atoms with van der Waals surface area (Å²) in [5.41, 5.74) is 1.54. The molecule has 0 spiro atoms. The monoisotopic (exact) mass is 259 g/mol. The van der Waals surface area contributed by atoms with Gasteiger partial charge in [0.25, 0.3) is 0 Å². The lowest BCUT2D eigenvalue weighted by Crippen LogP contribution is -2.31. The molecule has 0 aromatic carbocycles. The molecule has 0 fully saturated rings. The van der Waals surface area contributed by atoms with Crippen molar-refractivity contribution in [2.24, 2.45) is 5.92 Å². The van der Waals surface area contributed by atoms with Gasteiger partial charge in [0.15, 0.2) is 0 Å². The highest BCUT2D eigenvalue weighted by Crippen LogP contribution is 2.37. The molecule has 2 rings (SSSR count). The molecule has 1 aliphatic heterocycles. The van der Waals surface area contributed by atoms with Crippen molar-refractivity contribution in [3.63, 3.8) is 0 Å². The second-order valence-corrected chi connectivity index (χ2v) is 6.33. The first kappa shape index (κ1) is 9.69. The number of fused-ring (bicyclic) bond motifs is 1. The first-order valence-electron chi connectivity index (χ1n) is 4.70. The van der Waals surface area contributed by atoms with Crippen LogP contribution in [0.15, 0.2) is 9.85 Å². The molecule has 0 saturated heterocycles. The molecule has 0 radical (unpaired) electrons. The van der Waals surface area contributed by atoms with Crippen molar-refractivity contribution in [1.29, 1.82) is 0 Å². The first-order chi connectivity index (χ1) is 6.18. The van der Waals surface area contributed by atoms with Crippen LogP contribution in [0.1, 0.15) is 30.3 Å². The molecule has 0 saturated carbocycles. The van der Waals surface area contributed by atoms with Crippen molar-refractivity contribution in [1.82, 2.24) is 5.32 Å². The molecule has 72 valence electrons. The molecule has 0 amide bonds. The molecule has 1 aromatic rings. The van der Waals surface area contributed by atoms with E-state index in [4.69, 9.17) is 0 Å². The summed E-state index contributed by atoms with van der Waals surface area (Å²) in [6.45, 7) is 5.68. The van der Waals surface area contributed by atoms with E-state index in [0.29, 0.717) is 12.0 Å². The Bertz CT molecular complexity index is 306. The van der Waals surface area contributed by atoms with E-state index in [1.54, 1.807) is 0 Å². The lowest BCUT2D eigenvalue weighted by Gasteiger charge is -2.26. The zero-order valence-corrected chi connectivity index (χ0v) is 10.3. The average molecular weight is 260 g/mol. The Kier molecular flexibility index (Phi) is 2.77. The predicted molar refractivity (Wildman–Crippen MR) is 61.3 cm³/mol. The number of rotatable bonds is 1. The van der Waals surface area contributed by atoms with Gasteiger partial charge in [-0.2, -0.15) is 0 Å². The molecule has 2 heterocycles. The van der Waals surface area contributed by atoms with E-state index in [0.717, 1.165) is 6.54 Å². The fraction of sp³-hybridized carbons (Fsp3) is 0.600. The molecule has 0 aliphatic carbocycles. The van der Waals surface area contributed by atoms with Crippen LogP contribution < -0.4 is 5.32 Å². The molecule has 13 heavy (non-hydrogen) atoms. The molecule has 1 unspecified atom stereocenters. The van der Waals surface area contributed by atoms with Crippen molar-refractivity contribution in [3.05, 3.63) is 20.3 Å². The van der Waals surface area contributed by atoms with Crippen LogP contribution >= 0.6 is 27.3 Å². The lowest BCUT2D eigenvalue weighted by molar-refractivity contribution is 0.402. The van der Waals surface area contributed by atoms with Gasteiger partial charge in [0.05, 0.1) is 3.79 Å².